The van der Waals surface area contributed by atoms with Gasteiger partial charge in [-0.2, -0.15) is 0 Å². The summed E-state index contributed by atoms with van der Waals surface area (Å²) in [4.78, 5) is 13.4. The second kappa shape index (κ2) is 7.06. The van der Waals surface area contributed by atoms with Crippen LogP contribution in [0.5, 0.6) is 0 Å². The van der Waals surface area contributed by atoms with Crippen LogP contribution >= 0.6 is 0 Å². The van der Waals surface area contributed by atoms with Gasteiger partial charge in [-0.05, 0) is 26.0 Å². The van der Waals surface area contributed by atoms with E-state index < -0.39 is 17.5 Å². The smallest absolute Gasteiger partial charge is 0.257 e. The molecule has 0 saturated carbocycles. The molecule has 0 bridgehead atoms. The van der Waals surface area contributed by atoms with E-state index in [9.17, 15) is 13.6 Å². The quantitative estimate of drug-likeness (QED) is 0.733. The monoisotopic (exact) mass is 257 g/mol. The lowest BCUT2D eigenvalue weighted by Crippen LogP contribution is -2.34. The largest absolute Gasteiger partial charge is 0.380 e. The summed E-state index contributed by atoms with van der Waals surface area (Å²) in [7, 11) is 0. The van der Waals surface area contributed by atoms with E-state index in [-0.39, 0.29) is 5.56 Å². The predicted octanol–water partition coefficient (Wildman–Crippen LogP) is 2.46. The number of ether oxygens (including phenoxy) is 1. The number of halogens is 2. The standard InChI is InChI=1S/C13H17F2NO2/c1-3-16(8-9-18-4-2)13(17)10-6-5-7-11(14)12(10)15/h5-7H,3-4,8-9H2,1-2H3. The molecule has 3 nitrogen and oxygen atoms in total. The van der Waals surface area contributed by atoms with Crippen LogP contribution in [0.3, 0.4) is 0 Å². The molecule has 0 aliphatic heterocycles. The molecule has 100 valence electrons. The minimum absolute atomic E-state index is 0.242. The Balaban J connectivity index is 2.80. The van der Waals surface area contributed by atoms with Gasteiger partial charge in [-0.3, -0.25) is 4.79 Å². The first-order chi connectivity index (χ1) is 8.61. The molecular weight excluding hydrogens is 240 g/mol. The molecule has 0 radical (unpaired) electrons. The van der Waals surface area contributed by atoms with E-state index in [1.807, 2.05) is 6.92 Å². The van der Waals surface area contributed by atoms with Gasteiger partial charge in [0, 0.05) is 19.7 Å². The van der Waals surface area contributed by atoms with Crippen molar-refractivity contribution in [2.24, 2.45) is 0 Å². The topological polar surface area (TPSA) is 29.5 Å². The number of hydrogen-bond acceptors (Lipinski definition) is 2. The molecule has 0 heterocycles. The first-order valence-electron chi connectivity index (χ1n) is 5.92. The van der Waals surface area contributed by atoms with Gasteiger partial charge in [0.15, 0.2) is 11.6 Å². The minimum Gasteiger partial charge on any atom is -0.380 e. The summed E-state index contributed by atoms with van der Waals surface area (Å²) in [6, 6.07) is 3.59. The number of hydrogen-bond donors (Lipinski definition) is 0. The van der Waals surface area contributed by atoms with Crippen LogP contribution in [0.4, 0.5) is 8.78 Å². The first-order valence-corrected chi connectivity index (χ1v) is 5.92. The summed E-state index contributed by atoms with van der Waals surface area (Å²) in [5.41, 5.74) is -0.242. The molecule has 0 saturated heterocycles. The summed E-state index contributed by atoms with van der Waals surface area (Å²) in [5, 5.41) is 0. The highest BCUT2D eigenvalue weighted by atomic mass is 19.2. The van der Waals surface area contributed by atoms with E-state index in [0.29, 0.717) is 26.3 Å². The highest BCUT2D eigenvalue weighted by Gasteiger charge is 2.19. The van der Waals surface area contributed by atoms with Crippen LogP contribution in [0.1, 0.15) is 24.2 Å². The van der Waals surface area contributed by atoms with E-state index in [4.69, 9.17) is 4.74 Å². The highest BCUT2D eigenvalue weighted by Crippen LogP contribution is 2.13. The maximum atomic E-state index is 13.5. The molecule has 18 heavy (non-hydrogen) atoms. The third kappa shape index (κ3) is 3.50. The molecular formula is C13H17F2NO2. The Kier molecular flexibility index (Phi) is 5.71. The maximum Gasteiger partial charge on any atom is 0.257 e. The van der Waals surface area contributed by atoms with Crippen molar-refractivity contribution in [2.45, 2.75) is 13.8 Å². The normalized spacial score (nSPS) is 10.4. The van der Waals surface area contributed by atoms with Crippen LogP contribution in [-0.2, 0) is 4.74 Å². The summed E-state index contributed by atoms with van der Waals surface area (Å²) in [6.45, 7) is 5.35. The van der Waals surface area contributed by atoms with Crippen molar-refractivity contribution >= 4 is 5.91 Å². The van der Waals surface area contributed by atoms with Crippen molar-refractivity contribution in [1.29, 1.82) is 0 Å². The van der Waals surface area contributed by atoms with Crippen LogP contribution in [0.2, 0.25) is 0 Å². The van der Waals surface area contributed by atoms with E-state index in [2.05, 4.69) is 0 Å². The molecule has 0 aromatic heterocycles. The summed E-state index contributed by atoms with van der Waals surface area (Å²) in [5.74, 6) is -2.63. The summed E-state index contributed by atoms with van der Waals surface area (Å²) >= 11 is 0. The minimum atomic E-state index is -1.10. The lowest BCUT2D eigenvalue weighted by atomic mass is 10.1. The second-order valence-corrected chi connectivity index (χ2v) is 3.68. The van der Waals surface area contributed by atoms with Crippen LogP contribution < -0.4 is 0 Å². The third-order valence-electron chi connectivity index (χ3n) is 2.56. The Morgan fingerprint density at radius 3 is 2.67 bits per heavy atom. The van der Waals surface area contributed by atoms with E-state index >= 15 is 0 Å². The second-order valence-electron chi connectivity index (χ2n) is 3.68. The SMILES string of the molecule is CCOCCN(CC)C(=O)c1cccc(F)c1F. The molecule has 0 aliphatic rings. The van der Waals surface area contributed by atoms with Crippen molar-refractivity contribution in [3.05, 3.63) is 35.4 Å². The maximum absolute atomic E-state index is 13.5. The van der Waals surface area contributed by atoms with Crippen molar-refractivity contribution in [1.82, 2.24) is 4.90 Å². The summed E-state index contributed by atoms with van der Waals surface area (Å²) < 4.78 is 31.7. The molecule has 1 rings (SSSR count). The molecule has 1 aromatic rings. The van der Waals surface area contributed by atoms with Crippen LogP contribution in [0.25, 0.3) is 0 Å². The number of nitrogens with zero attached hydrogens (tertiary/aromatic N) is 1. The van der Waals surface area contributed by atoms with Gasteiger partial charge in [0.25, 0.3) is 5.91 Å². The van der Waals surface area contributed by atoms with Gasteiger partial charge in [-0.25, -0.2) is 8.78 Å². The van der Waals surface area contributed by atoms with Crippen molar-refractivity contribution in [2.75, 3.05) is 26.3 Å². The van der Waals surface area contributed by atoms with E-state index in [1.165, 1.54) is 17.0 Å². The number of benzene rings is 1. The van der Waals surface area contributed by atoms with Gasteiger partial charge in [-0.15, -0.1) is 0 Å². The number of likely N-dealkylation sites (N-methyl/N-ethyl adjacent to an activating group) is 1. The summed E-state index contributed by atoms with van der Waals surface area (Å²) in [6.07, 6.45) is 0. The van der Waals surface area contributed by atoms with Crippen molar-refractivity contribution in [3.8, 4) is 0 Å². The van der Waals surface area contributed by atoms with E-state index in [0.717, 1.165) is 6.07 Å². The zero-order valence-electron chi connectivity index (χ0n) is 10.6. The van der Waals surface area contributed by atoms with Gasteiger partial charge in [0.1, 0.15) is 0 Å². The fraction of sp³-hybridized carbons (Fsp3) is 0.462. The molecule has 0 N–H and O–H groups in total. The molecule has 5 heteroatoms. The van der Waals surface area contributed by atoms with Gasteiger partial charge in [0.05, 0.1) is 12.2 Å². The van der Waals surface area contributed by atoms with Crippen LogP contribution in [0.15, 0.2) is 18.2 Å². The third-order valence-corrected chi connectivity index (χ3v) is 2.56. The zero-order chi connectivity index (χ0) is 13.5. The van der Waals surface area contributed by atoms with Crippen LogP contribution in [-0.4, -0.2) is 37.1 Å². The number of carbonyl (C=O) groups is 1. The molecule has 0 unspecified atom stereocenters. The molecule has 1 amide bonds. The Morgan fingerprint density at radius 2 is 2.06 bits per heavy atom. The fourth-order valence-corrected chi connectivity index (χ4v) is 1.56. The Bertz CT molecular complexity index is 410. The first kappa shape index (κ1) is 14.6. The highest BCUT2D eigenvalue weighted by molar-refractivity contribution is 5.94. The number of rotatable bonds is 6. The van der Waals surface area contributed by atoms with Crippen molar-refractivity contribution < 1.29 is 18.3 Å². The number of amides is 1. The van der Waals surface area contributed by atoms with Gasteiger partial charge in [-0.1, -0.05) is 6.07 Å². The molecule has 0 fully saturated rings. The average Bonchev–Trinajstić information content (AvgIpc) is 2.37. The Morgan fingerprint density at radius 1 is 1.33 bits per heavy atom. The predicted molar refractivity (Wildman–Crippen MR) is 64.4 cm³/mol. The zero-order valence-corrected chi connectivity index (χ0v) is 10.6. The van der Waals surface area contributed by atoms with Gasteiger partial charge >= 0.3 is 0 Å². The lowest BCUT2D eigenvalue weighted by molar-refractivity contribution is 0.0664. The molecule has 0 aliphatic carbocycles. The molecule has 1 aromatic carbocycles. The molecule has 0 atom stereocenters. The van der Waals surface area contributed by atoms with Crippen LogP contribution in [0, 0.1) is 11.6 Å². The van der Waals surface area contributed by atoms with Gasteiger partial charge < -0.3 is 9.64 Å². The fourth-order valence-electron chi connectivity index (χ4n) is 1.56. The van der Waals surface area contributed by atoms with Gasteiger partial charge in [0.2, 0.25) is 0 Å². The lowest BCUT2D eigenvalue weighted by Gasteiger charge is -2.21. The van der Waals surface area contributed by atoms with E-state index in [1.54, 1.807) is 6.92 Å². The average molecular weight is 257 g/mol. The number of carbonyl (C=O) groups excluding carboxylic acids is 1. The van der Waals surface area contributed by atoms with Crippen molar-refractivity contribution in [3.63, 3.8) is 0 Å². The Labute approximate surface area is 105 Å². The molecule has 0 spiro atoms. The Hall–Kier alpha value is -1.49.